The van der Waals surface area contributed by atoms with Gasteiger partial charge in [-0.05, 0) is 19.7 Å². The summed E-state index contributed by atoms with van der Waals surface area (Å²) >= 11 is 0. The van der Waals surface area contributed by atoms with Crippen LogP contribution in [0.25, 0.3) is 6.08 Å². The average Bonchev–Trinajstić information content (AvgIpc) is 2.18. The molecular formula is C11H11NO2. The zero-order valence-corrected chi connectivity index (χ0v) is 7.90. The molecule has 14 heavy (non-hydrogen) atoms. The number of allylic oxidation sites excluding steroid dienone is 1. The van der Waals surface area contributed by atoms with Gasteiger partial charge in [-0.15, -0.1) is 0 Å². The first kappa shape index (κ1) is 10.2. The first-order chi connectivity index (χ1) is 6.70. The quantitative estimate of drug-likeness (QED) is 0.743. The lowest BCUT2D eigenvalue weighted by Gasteiger charge is -2.03. The molecule has 0 unspecified atom stereocenters. The van der Waals surface area contributed by atoms with Crippen LogP contribution in [0.2, 0.25) is 0 Å². The average molecular weight is 189 g/mol. The van der Waals surface area contributed by atoms with Gasteiger partial charge in [-0.25, -0.2) is 4.79 Å². The Labute approximate surface area is 82.4 Å². The van der Waals surface area contributed by atoms with Crippen LogP contribution >= 0.6 is 0 Å². The molecule has 3 heteroatoms. The molecule has 0 bridgehead atoms. The summed E-state index contributed by atoms with van der Waals surface area (Å²) in [6.07, 6.45) is 3.63. The standard InChI is InChI=1S/C11H11NO2/c1-3-5-8-6-4-7-9(11(13)14)10(8)12-2/h3-7H,2H2,1H3,(H,13,14)/b5-3-. The van der Waals surface area contributed by atoms with E-state index in [0.717, 1.165) is 5.56 Å². The molecule has 0 aliphatic rings. The van der Waals surface area contributed by atoms with E-state index in [1.165, 1.54) is 6.07 Å². The predicted molar refractivity (Wildman–Crippen MR) is 57.3 cm³/mol. The van der Waals surface area contributed by atoms with Crippen LogP contribution < -0.4 is 0 Å². The molecular weight excluding hydrogens is 178 g/mol. The third-order valence-corrected chi connectivity index (χ3v) is 1.80. The molecule has 0 heterocycles. The zero-order valence-electron chi connectivity index (χ0n) is 7.90. The summed E-state index contributed by atoms with van der Waals surface area (Å²) in [5, 5.41) is 8.88. The second-order valence-electron chi connectivity index (χ2n) is 2.71. The monoisotopic (exact) mass is 189 g/mol. The molecule has 1 aromatic carbocycles. The number of nitrogens with zero attached hydrogens (tertiary/aromatic N) is 1. The van der Waals surface area contributed by atoms with E-state index in [1.54, 1.807) is 18.2 Å². The van der Waals surface area contributed by atoms with E-state index in [4.69, 9.17) is 5.11 Å². The van der Waals surface area contributed by atoms with Crippen molar-refractivity contribution in [2.24, 2.45) is 4.99 Å². The molecule has 1 rings (SSSR count). The fourth-order valence-corrected chi connectivity index (χ4v) is 1.22. The molecule has 0 spiro atoms. The Hall–Kier alpha value is -1.90. The highest BCUT2D eigenvalue weighted by Gasteiger charge is 2.10. The van der Waals surface area contributed by atoms with E-state index in [2.05, 4.69) is 11.7 Å². The van der Waals surface area contributed by atoms with Crippen molar-refractivity contribution < 1.29 is 9.90 Å². The van der Waals surface area contributed by atoms with Gasteiger partial charge in [0.25, 0.3) is 0 Å². The molecule has 0 saturated heterocycles. The molecule has 0 saturated carbocycles. The molecule has 1 aromatic rings. The Kier molecular flexibility index (Phi) is 3.18. The second kappa shape index (κ2) is 4.37. The van der Waals surface area contributed by atoms with Gasteiger partial charge in [-0.1, -0.05) is 24.3 Å². The van der Waals surface area contributed by atoms with Crippen LogP contribution in [0.5, 0.6) is 0 Å². The number of para-hydroxylation sites is 1. The van der Waals surface area contributed by atoms with Crippen molar-refractivity contribution in [2.75, 3.05) is 0 Å². The Morgan fingerprint density at radius 3 is 2.79 bits per heavy atom. The highest BCUT2D eigenvalue weighted by molar-refractivity contribution is 5.95. The van der Waals surface area contributed by atoms with Gasteiger partial charge in [-0.3, -0.25) is 4.99 Å². The zero-order chi connectivity index (χ0) is 10.6. The van der Waals surface area contributed by atoms with Gasteiger partial charge in [0, 0.05) is 5.56 Å². The van der Waals surface area contributed by atoms with Crippen LogP contribution in [0.4, 0.5) is 5.69 Å². The van der Waals surface area contributed by atoms with Crippen molar-refractivity contribution in [1.82, 2.24) is 0 Å². The Bertz CT molecular complexity index is 394. The summed E-state index contributed by atoms with van der Waals surface area (Å²) in [5.41, 5.74) is 1.36. The van der Waals surface area contributed by atoms with Crippen molar-refractivity contribution in [3.63, 3.8) is 0 Å². The number of benzene rings is 1. The molecule has 1 N–H and O–H groups in total. The minimum absolute atomic E-state index is 0.176. The van der Waals surface area contributed by atoms with Gasteiger partial charge in [0.15, 0.2) is 0 Å². The van der Waals surface area contributed by atoms with Gasteiger partial charge in [-0.2, -0.15) is 0 Å². The van der Waals surface area contributed by atoms with Gasteiger partial charge < -0.3 is 5.11 Å². The van der Waals surface area contributed by atoms with Gasteiger partial charge in [0.2, 0.25) is 0 Å². The number of hydrogen-bond donors (Lipinski definition) is 1. The van der Waals surface area contributed by atoms with E-state index in [-0.39, 0.29) is 5.56 Å². The summed E-state index contributed by atoms with van der Waals surface area (Å²) < 4.78 is 0. The first-order valence-corrected chi connectivity index (χ1v) is 4.16. The van der Waals surface area contributed by atoms with Crippen molar-refractivity contribution in [3.05, 3.63) is 35.4 Å². The van der Waals surface area contributed by atoms with E-state index in [9.17, 15) is 4.79 Å². The smallest absolute Gasteiger partial charge is 0.337 e. The minimum Gasteiger partial charge on any atom is -0.478 e. The lowest BCUT2D eigenvalue weighted by atomic mass is 10.1. The Morgan fingerprint density at radius 2 is 2.29 bits per heavy atom. The van der Waals surface area contributed by atoms with Gasteiger partial charge in [0.05, 0.1) is 11.3 Å². The van der Waals surface area contributed by atoms with E-state index in [1.807, 2.05) is 13.0 Å². The van der Waals surface area contributed by atoms with E-state index >= 15 is 0 Å². The predicted octanol–water partition coefficient (Wildman–Crippen LogP) is 2.75. The van der Waals surface area contributed by atoms with Crippen LogP contribution in [-0.2, 0) is 0 Å². The van der Waals surface area contributed by atoms with Crippen LogP contribution in [0, 0.1) is 0 Å². The van der Waals surface area contributed by atoms with Crippen molar-refractivity contribution in [1.29, 1.82) is 0 Å². The van der Waals surface area contributed by atoms with Crippen LogP contribution in [0.15, 0.2) is 29.3 Å². The summed E-state index contributed by atoms with van der Waals surface area (Å²) in [6.45, 7) is 5.23. The maximum atomic E-state index is 10.8. The lowest BCUT2D eigenvalue weighted by molar-refractivity contribution is 0.0698. The van der Waals surface area contributed by atoms with E-state index < -0.39 is 5.97 Å². The molecule has 0 atom stereocenters. The maximum Gasteiger partial charge on any atom is 0.337 e. The van der Waals surface area contributed by atoms with E-state index in [0.29, 0.717) is 5.69 Å². The van der Waals surface area contributed by atoms with Crippen molar-refractivity contribution >= 4 is 24.5 Å². The van der Waals surface area contributed by atoms with Gasteiger partial charge >= 0.3 is 5.97 Å². The molecule has 0 radical (unpaired) electrons. The van der Waals surface area contributed by atoms with Crippen LogP contribution in [0.3, 0.4) is 0 Å². The third-order valence-electron chi connectivity index (χ3n) is 1.80. The summed E-state index contributed by atoms with van der Waals surface area (Å²) in [7, 11) is 0. The highest BCUT2D eigenvalue weighted by atomic mass is 16.4. The Morgan fingerprint density at radius 1 is 1.57 bits per heavy atom. The SMILES string of the molecule is C=Nc1c(/C=C\C)cccc1C(=O)O. The van der Waals surface area contributed by atoms with Crippen molar-refractivity contribution in [2.45, 2.75) is 6.92 Å². The highest BCUT2D eigenvalue weighted by Crippen LogP contribution is 2.25. The maximum absolute atomic E-state index is 10.8. The molecule has 0 aromatic heterocycles. The number of carboxylic acids is 1. The molecule has 0 amide bonds. The minimum atomic E-state index is -0.987. The molecule has 3 nitrogen and oxygen atoms in total. The normalized spacial score (nSPS) is 10.4. The summed E-state index contributed by atoms with van der Waals surface area (Å²) in [6, 6.07) is 5.00. The third kappa shape index (κ3) is 1.88. The topological polar surface area (TPSA) is 49.7 Å². The van der Waals surface area contributed by atoms with Crippen LogP contribution in [-0.4, -0.2) is 17.8 Å². The fourth-order valence-electron chi connectivity index (χ4n) is 1.22. The molecule has 72 valence electrons. The largest absolute Gasteiger partial charge is 0.478 e. The molecule has 0 aliphatic carbocycles. The van der Waals surface area contributed by atoms with Gasteiger partial charge in [0.1, 0.15) is 0 Å². The lowest BCUT2D eigenvalue weighted by Crippen LogP contribution is -1.97. The first-order valence-electron chi connectivity index (χ1n) is 4.16. The number of aliphatic imine (C=N–C) groups is 1. The number of aromatic carboxylic acids is 1. The number of carboxylic acid groups (broad SMARTS) is 1. The number of rotatable bonds is 3. The number of carbonyl (C=O) groups is 1. The number of hydrogen-bond acceptors (Lipinski definition) is 2. The summed E-state index contributed by atoms with van der Waals surface area (Å²) in [5.74, 6) is -0.987. The fraction of sp³-hybridized carbons (Fsp3) is 0.0909. The summed E-state index contributed by atoms with van der Waals surface area (Å²) in [4.78, 5) is 14.6. The molecule has 0 fully saturated rings. The Balaban J connectivity index is 3.39. The second-order valence-corrected chi connectivity index (χ2v) is 2.71. The molecule has 0 aliphatic heterocycles. The van der Waals surface area contributed by atoms with Crippen LogP contribution in [0.1, 0.15) is 22.8 Å². The van der Waals surface area contributed by atoms with Crippen molar-refractivity contribution in [3.8, 4) is 0 Å².